The molecule has 0 saturated carbocycles. The van der Waals surface area contributed by atoms with Crippen LogP contribution in [-0.4, -0.2) is 86.4 Å². The Morgan fingerprint density at radius 2 is 1.47 bits per heavy atom. The molecule has 1 fully saturated rings. The van der Waals surface area contributed by atoms with E-state index in [4.69, 9.17) is 20.9 Å². The number of alkyl carbamates (subject to hydrolysis) is 1. The smallest absolute Gasteiger partial charge is 0.407 e. The summed E-state index contributed by atoms with van der Waals surface area (Å²) in [5.41, 5.74) is 20.1. The number of nitrogens with one attached hydrogen (secondary N) is 4. The summed E-state index contributed by atoms with van der Waals surface area (Å²) in [6.07, 6.45) is 3.89. The molecule has 398 valence electrons. The van der Waals surface area contributed by atoms with Crippen LogP contribution in [0.5, 0.6) is 0 Å². The standard InChI is InChI=1S/C58H66N8O9S/c1-4-5-6-13-42-28-41-24-23-40(30-51(41)64-53(42)59)39-14-11-15-44(29-39)76(72,73)66-32-38(33-66)31-62-58(71)75-34-37-21-25-43(26-22-37)63-54(67)50(20-12-27-61-57(60)70)65-55(68)52(36(2)3)56(69)74-35-49-47-18-9-7-16-45(47)46-17-8-10-19-48(46)49/h7-11,14-19,21-26,28-30,36,38,49-50,52H,4-6,12-13,20,27,31-35H2,1-3H3,(H2,59,64)(H,62,71)(H,63,67)(H,65,68)(H3,60,61,70)/t50-,52-/m0/s1. The van der Waals surface area contributed by atoms with Crippen LogP contribution in [-0.2, 0) is 46.9 Å². The van der Waals surface area contributed by atoms with E-state index in [0.717, 1.165) is 75.5 Å². The molecule has 0 spiro atoms. The normalized spacial score (nSPS) is 14.2. The van der Waals surface area contributed by atoms with Gasteiger partial charge in [0.05, 0.1) is 10.4 Å². The number of hydrogen-bond acceptors (Lipinski definition) is 11. The van der Waals surface area contributed by atoms with Crippen molar-refractivity contribution in [3.63, 3.8) is 0 Å². The number of nitrogen functional groups attached to an aromatic ring is 1. The van der Waals surface area contributed by atoms with E-state index >= 15 is 0 Å². The van der Waals surface area contributed by atoms with Crippen LogP contribution in [0.4, 0.5) is 21.1 Å². The number of rotatable bonds is 23. The van der Waals surface area contributed by atoms with Crippen LogP contribution >= 0.6 is 0 Å². The van der Waals surface area contributed by atoms with E-state index in [2.05, 4.69) is 39.2 Å². The number of amides is 5. The number of anilines is 2. The quantitative estimate of drug-likeness (QED) is 0.0202. The molecule has 8 N–H and O–H groups in total. The van der Waals surface area contributed by atoms with Gasteiger partial charge in [0.2, 0.25) is 21.8 Å². The Morgan fingerprint density at radius 3 is 2.16 bits per heavy atom. The lowest BCUT2D eigenvalue weighted by molar-refractivity contribution is -0.155. The largest absolute Gasteiger partial charge is 0.464 e. The second-order valence-corrected chi connectivity index (χ2v) is 21.8. The Hall–Kier alpha value is -7.83. The summed E-state index contributed by atoms with van der Waals surface area (Å²) >= 11 is 0. The molecule has 0 bridgehead atoms. The highest BCUT2D eigenvalue weighted by Crippen LogP contribution is 2.44. The van der Waals surface area contributed by atoms with Gasteiger partial charge in [-0.1, -0.05) is 119 Å². The number of urea groups is 1. The van der Waals surface area contributed by atoms with Crippen LogP contribution in [0.1, 0.15) is 81.0 Å². The fourth-order valence-corrected chi connectivity index (χ4v) is 11.4. The monoisotopic (exact) mass is 1050 g/mol. The number of ether oxygens (including phenoxy) is 2. The minimum atomic E-state index is -3.80. The first-order valence-electron chi connectivity index (χ1n) is 25.9. The average Bonchev–Trinajstić information content (AvgIpc) is 3.74. The second kappa shape index (κ2) is 24.7. The zero-order valence-corrected chi connectivity index (χ0v) is 43.9. The van der Waals surface area contributed by atoms with E-state index < -0.39 is 57.8 Å². The predicted molar refractivity (Wildman–Crippen MR) is 292 cm³/mol. The molecule has 0 radical (unpaired) electrons. The SMILES string of the molecule is CCCCCc1cc2ccc(-c3cccc(S(=O)(=O)N4CC(CNC(=O)OCc5ccc(NC(=O)[C@H](CCCNC(N)=O)NC(=O)[C@@H](C(=O)OCC6c7ccccc7-c7ccccc76)C(C)C)cc5)C4)c3)cc2nc1N. The van der Waals surface area contributed by atoms with Gasteiger partial charge < -0.3 is 42.2 Å². The molecule has 1 aliphatic carbocycles. The van der Waals surface area contributed by atoms with E-state index in [1.807, 2.05) is 72.8 Å². The van der Waals surface area contributed by atoms with Crippen molar-refractivity contribution in [1.82, 2.24) is 25.2 Å². The average molecular weight is 1050 g/mol. The van der Waals surface area contributed by atoms with Crippen LogP contribution in [0.15, 0.2) is 126 Å². The molecule has 1 aliphatic heterocycles. The van der Waals surface area contributed by atoms with Gasteiger partial charge >= 0.3 is 18.1 Å². The maximum absolute atomic E-state index is 13.9. The van der Waals surface area contributed by atoms with Gasteiger partial charge in [0, 0.05) is 49.1 Å². The summed E-state index contributed by atoms with van der Waals surface area (Å²) in [6, 6.07) is 35.4. The molecule has 18 heteroatoms. The summed E-state index contributed by atoms with van der Waals surface area (Å²) in [5.74, 6) is -3.42. The van der Waals surface area contributed by atoms with Crippen molar-refractivity contribution >= 4 is 62.3 Å². The molecule has 0 unspecified atom stereocenters. The molecule has 2 aliphatic rings. The van der Waals surface area contributed by atoms with Gasteiger partial charge in [-0.2, -0.15) is 4.31 Å². The van der Waals surface area contributed by atoms with Gasteiger partial charge in [0.15, 0.2) is 0 Å². The van der Waals surface area contributed by atoms with Crippen LogP contribution in [0.3, 0.4) is 0 Å². The predicted octanol–water partition coefficient (Wildman–Crippen LogP) is 8.26. The molecule has 17 nitrogen and oxygen atoms in total. The number of sulfonamides is 1. The van der Waals surface area contributed by atoms with Crippen molar-refractivity contribution in [3.8, 4) is 22.3 Å². The van der Waals surface area contributed by atoms with Crippen LogP contribution < -0.4 is 32.7 Å². The number of carbonyl (C=O) groups excluding carboxylic acids is 5. The van der Waals surface area contributed by atoms with Gasteiger partial charge in [-0.25, -0.2) is 23.0 Å². The molecule has 76 heavy (non-hydrogen) atoms. The molecule has 2 atom stereocenters. The zero-order chi connectivity index (χ0) is 53.9. The number of primary amides is 1. The summed E-state index contributed by atoms with van der Waals surface area (Å²) in [5, 5.41) is 11.8. The van der Waals surface area contributed by atoms with Gasteiger partial charge in [0.1, 0.15) is 31.0 Å². The Bertz CT molecular complexity index is 3150. The number of unbranched alkanes of at least 4 members (excludes halogenated alkanes) is 2. The molecule has 1 saturated heterocycles. The highest BCUT2D eigenvalue weighted by Gasteiger charge is 2.38. The molecule has 6 aromatic rings. The van der Waals surface area contributed by atoms with Crippen LogP contribution in [0.2, 0.25) is 0 Å². The fourth-order valence-electron chi connectivity index (χ4n) is 9.77. The van der Waals surface area contributed by atoms with Crippen molar-refractivity contribution < 1.29 is 41.9 Å². The minimum absolute atomic E-state index is 0.0348. The lowest BCUT2D eigenvalue weighted by Crippen LogP contribution is -2.53. The number of carbonyl (C=O) groups is 5. The Balaban J connectivity index is 0.795. The highest BCUT2D eigenvalue weighted by atomic mass is 32.2. The van der Waals surface area contributed by atoms with Gasteiger partial charge in [-0.05, 0) is 113 Å². The van der Waals surface area contributed by atoms with Gasteiger partial charge in [-0.15, -0.1) is 0 Å². The third-order valence-electron chi connectivity index (χ3n) is 14.0. The van der Waals surface area contributed by atoms with Crippen molar-refractivity contribution in [2.24, 2.45) is 23.5 Å². The van der Waals surface area contributed by atoms with Gasteiger partial charge in [0.25, 0.3) is 0 Å². The third kappa shape index (κ3) is 13.2. The summed E-state index contributed by atoms with van der Waals surface area (Å²) in [7, 11) is -3.80. The van der Waals surface area contributed by atoms with E-state index in [1.165, 1.54) is 4.31 Å². The fraction of sp³-hybridized carbons (Fsp3) is 0.345. The van der Waals surface area contributed by atoms with E-state index in [0.29, 0.717) is 17.1 Å². The Morgan fingerprint density at radius 1 is 0.776 bits per heavy atom. The van der Waals surface area contributed by atoms with Gasteiger partial charge in [-0.3, -0.25) is 14.4 Å². The first-order valence-corrected chi connectivity index (χ1v) is 27.3. The van der Waals surface area contributed by atoms with E-state index in [9.17, 15) is 32.4 Å². The van der Waals surface area contributed by atoms with E-state index in [-0.39, 0.29) is 69.0 Å². The lowest BCUT2D eigenvalue weighted by Gasteiger charge is -2.38. The molecular formula is C58H66N8O9S. The molecule has 2 heterocycles. The van der Waals surface area contributed by atoms with Crippen molar-refractivity contribution in [2.75, 3.05) is 43.8 Å². The Kier molecular flexibility index (Phi) is 17.7. The van der Waals surface area contributed by atoms with Crippen molar-refractivity contribution in [2.45, 2.75) is 82.8 Å². The maximum atomic E-state index is 13.9. The second-order valence-electron chi connectivity index (χ2n) is 19.8. The lowest BCUT2D eigenvalue weighted by atomic mass is 9.94. The topological polar surface area (TPSA) is 254 Å². The number of aryl methyl sites for hydroxylation is 1. The summed E-state index contributed by atoms with van der Waals surface area (Å²) in [4.78, 5) is 70.2. The number of fused-ring (bicyclic) bond motifs is 4. The summed E-state index contributed by atoms with van der Waals surface area (Å²) in [6.45, 7) is 6.40. The molecule has 5 amide bonds. The first kappa shape index (κ1) is 54.4. The number of hydrogen-bond donors (Lipinski definition) is 6. The van der Waals surface area contributed by atoms with Crippen LogP contribution in [0.25, 0.3) is 33.2 Å². The Labute approximate surface area is 443 Å². The van der Waals surface area contributed by atoms with Crippen LogP contribution in [0, 0.1) is 17.8 Å². The number of pyridine rings is 1. The molecule has 5 aromatic carbocycles. The molecule has 1 aromatic heterocycles. The maximum Gasteiger partial charge on any atom is 0.407 e. The molecule has 8 rings (SSSR count). The molecular weight excluding hydrogens is 985 g/mol. The number of nitrogens with two attached hydrogens (primary N) is 2. The highest BCUT2D eigenvalue weighted by molar-refractivity contribution is 7.89. The van der Waals surface area contributed by atoms with Crippen molar-refractivity contribution in [3.05, 3.63) is 144 Å². The summed E-state index contributed by atoms with van der Waals surface area (Å²) < 4.78 is 40.0. The third-order valence-corrected chi connectivity index (χ3v) is 15.8. The van der Waals surface area contributed by atoms with Crippen molar-refractivity contribution in [1.29, 1.82) is 0 Å². The number of nitrogens with zero attached hydrogens (tertiary/aromatic N) is 2. The zero-order valence-electron chi connectivity index (χ0n) is 43.1. The first-order chi connectivity index (χ1) is 36.6. The number of aromatic nitrogens is 1. The number of esters is 1. The number of benzene rings is 5. The minimum Gasteiger partial charge on any atom is -0.464 e. The van der Waals surface area contributed by atoms with E-state index in [1.54, 1.807) is 56.3 Å².